The number of ether oxygens (including phenoxy) is 4. The van der Waals surface area contributed by atoms with Gasteiger partial charge >= 0.3 is 11.9 Å². The summed E-state index contributed by atoms with van der Waals surface area (Å²) >= 11 is 0. The molecule has 1 aliphatic heterocycles. The fraction of sp³-hybridized carbons (Fsp3) is 0.846. The zero-order chi connectivity index (χ0) is 20.1. The molecule has 0 radical (unpaired) electrons. The molecule has 1 unspecified atom stereocenters. The lowest BCUT2D eigenvalue weighted by Gasteiger charge is -2.40. The Balaban J connectivity index is 2.74. The Kier molecular flexibility index (Phi) is 8.33. The maximum absolute atomic E-state index is 11.1. The zero-order valence-electron chi connectivity index (χ0n) is 14.0. The number of rotatable bonds is 8. The molecule has 152 valence electrons. The molecular weight excluding hydrogens is 380 g/mol. The lowest BCUT2D eigenvalue weighted by molar-refractivity contribution is -0.297. The van der Waals surface area contributed by atoms with Crippen LogP contribution >= 0.6 is 0 Å². The van der Waals surface area contributed by atoms with Crippen LogP contribution in [0.2, 0.25) is 0 Å². The maximum atomic E-state index is 11.1. The van der Waals surface area contributed by atoms with Crippen molar-refractivity contribution in [3.8, 4) is 0 Å². The van der Waals surface area contributed by atoms with Crippen LogP contribution in [-0.4, -0.2) is 96.0 Å². The van der Waals surface area contributed by atoms with E-state index in [4.69, 9.17) is 23.5 Å². The maximum Gasteiger partial charge on any atom is 0.303 e. The first kappa shape index (κ1) is 22.7. The van der Waals surface area contributed by atoms with Crippen LogP contribution in [-0.2, 0) is 38.7 Å². The first-order valence-corrected chi connectivity index (χ1v) is 9.08. The third-order valence-corrected chi connectivity index (χ3v) is 4.04. The van der Waals surface area contributed by atoms with Gasteiger partial charge in [-0.1, -0.05) is 0 Å². The van der Waals surface area contributed by atoms with Crippen LogP contribution < -0.4 is 0 Å². The van der Waals surface area contributed by atoms with Crippen LogP contribution in [0.25, 0.3) is 0 Å². The van der Waals surface area contributed by atoms with Gasteiger partial charge in [0, 0.05) is 13.8 Å². The summed E-state index contributed by atoms with van der Waals surface area (Å²) in [5.74, 6) is -2.38. The molecule has 0 amide bonds. The minimum absolute atomic E-state index is 0.350. The molecule has 13 heteroatoms. The van der Waals surface area contributed by atoms with Crippen molar-refractivity contribution in [1.29, 1.82) is 0 Å². The molecule has 4 N–H and O–H groups in total. The van der Waals surface area contributed by atoms with E-state index in [0.29, 0.717) is 0 Å². The number of esters is 2. The largest absolute Gasteiger partial charge is 0.462 e. The second-order valence-corrected chi connectivity index (χ2v) is 7.13. The Morgan fingerprint density at radius 1 is 1.04 bits per heavy atom. The lowest BCUT2D eigenvalue weighted by Crippen LogP contribution is -2.60. The molecule has 1 aliphatic rings. The summed E-state index contributed by atoms with van der Waals surface area (Å²) < 4.78 is 50.5. The number of aliphatic hydroxyl groups excluding tert-OH is 3. The van der Waals surface area contributed by atoms with Crippen LogP contribution in [0.1, 0.15) is 13.8 Å². The molecule has 26 heavy (non-hydrogen) atoms. The molecule has 1 saturated heterocycles. The summed E-state index contributed by atoms with van der Waals surface area (Å²) in [6.45, 7) is 1.46. The second kappa shape index (κ2) is 9.55. The summed E-state index contributed by atoms with van der Waals surface area (Å²) in [5, 5.41) is 29.4. The molecule has 6 atom stereocenters. The van der Waals surface area contributed by atoms with E-state index in [1.807, 2.05) is 0 Å². The Labute approximate surface area is 149 Å². The standard InChI is InChI=1S/C13H22O12S/c1-6(14)22-3-8(24-7(2)15)4-23-13-12(18)11(17)10(16)9(25-13)5-26(19,20)21/h8-13,16-18H,3-5H2,1-2H3,(H,19,20,21)/t8-,9-,10-,11+,12-,13?/m1/s1. The summed E-state index contributed by atoms with van der Waals surface area (Å²) in [6, 6.07) is 0. The number of carbonyl (C=O) groups is 2. The molecule has 0 spiro atoms. The number of hydrogen-bond donors (Lipinski definition) is 4. The van der Waals surface area contributed by atoms with Crippen LogP contribution in [0.3, 0.4) is 0 Å². The fourth-order valence-electron chi connectivity index (χ4n) is 2.16. The number of hydrogen-bond acceptors (Lipinski definition) is 11. The van der Waals surface area contributed by atoms with Crippen molar-refractivity contribution in [2.24, 2.45) is 0 Å². The van der Waals surface area contributed by atoms with Crippen molar-refractivity contribution in [3.05, 3.63) is 0 Å². The monoisotopic (exact) mass is 402 g/mol. The van der Waals surface area contributed by atoms with Gasteiger partial charge in [-0.3, -0.25) is 14.1 Å². The van der Waals surface area contributed by atoms with E-state index >= 15 is 0 Å². The minimum atomic E-state index is -4.55. The van der Waals surface area contributed by atoms with Crippen LogP contribution in [0.5, 0.6) is 0 Å². The van der Waals surface area contributed by atoms with E-state index in [2.05, 4.69) is 0 Å². The third-order valence-electron chi connectivity index (χ3n) is 3.29. The highest BCUT2D eigenvalue weighted by Gasteiger charge is 2.45. The van der Waals surface area contributed by atoms with Gasteiger partial charge in [-0.05, 0) is 0 Å². The summed E-state index contributed by atoms with van der Waals surface area (Å²) in [4.78, 5) is 21.9. The fourth-order valence-corrected chi connectivity index (χ4v) is 2.85. The molecule has 0 saturated carbocycles. The van der Waals surface area contributed by atoms with Crippen molar-refractivity contribution in [1.82, 2.24) is 0 Å². The van der Waals surface area contributed by atoms with Crippen LogP contribution in [0, 0.1) is 0 Å². The van der Waals surface area contributed by atoms with Gasteiger partial charge in [-0.25, -0.2) is 0 Å². The normalized spacial score (nSPS) is 30.5. The molecular formula is C13H22O12S. The predicted molar refractivity (Wildman–Crippen MR) is 81.2 cm³/mol. The zero-order valence-corrected chi connectivity index (χ0v) is 14.9. The highest BCUT2D eigenvalue weighted by Crippen LogP contribution is 2.23. The van der Waals surface area contributed by atoms with Gasteiger partial charge in [-0.2, -0.15) is 8.42 Å². The first-order chi connectivity index (χ1) is 11.9. The van der Waals surface area contributed by atoms with Crippen molar-refractivity contribution in [2.45, 2.75) is 50.7 Å². The summed E-state index contributed by atoms with van der Waals surface area (Å²) in [7, 11) is -4.55. The summed E-state index contributed by atoms with van der Waals surface area (Å²) in [6.07, 6.45) is -9.60. The molecule has 1 heterocycles. The van der Waals surface area contributed by atoms with Crippen molar-refractivity contribution >= 4 is 22.1 Å². The van der Waals surface area contributed by atoms with Crippen molar-refractivity contribution in [2.75, 3.05) is 19.0 Å². The Bertz CT molecular complexity index is 590. The molecule has 0 aromatic heterocycles. The van der Waals surface area contributed by atoms with Crippen molar-refractivity contribution in [3.63, 3.8) is 0 Å². The molecule has 0 bridgehead atoms. The first-order valence-electron chi connectivity index (χ1n) is 7.47. The van der Waals surface area contributed by atoms with Gasteiger partial charge in [0.15, 0.2) is 12.4 Å². The lowest BCUT2D eigenvalue weighted by atomic mass is 10.00. The molecule has 0 aromatic rings. The smallest absolute Gasteiger partial charge is 0.303 e. The number of aliphatic hydroxyl groups is 3. The average Bonchev–Trinajstić information content (AvgIpc) is 2.49. The highest BCUT2D eigenvalue weighted by molar-refractivity contribution is 7.85. The summed E-state index contributed by atoms with van der Waals surface area (Å²) in [5.41, 5.74) is 0. The van der Waals surface area contributed by atoms with Gasteiger partial charge in [0.2, 0.25) is 0 Å². The Morgan fingerprint density at radius 2 is 1.65 bits per heavy atom. The molecule has 1 fully saturated rings. The average molecular weight is 402 g/mol. The molecule has 12 nitrogen and oxygen atoms in total. The Hall–Kier alpha value is -1.35. The molecule has 0 aliphatic carbocycles. The molecule has 0 aromatic carbocycles. The second-order valence-electron chi connectivity index (χ2n) is 5.63. The highest BCUT2D eigenvalue weighted by atomic mass is 32.2. The topological polar surface area (TPSA) is 186 Å². The van der Waals surface area contributed by atoms with E-state index < -0.39 is 71.2 Å². The van der Waals surface area contributed by atoms with E-state index in [0.717, 1.165) is 13.8 Å². The van der Waals surface area contributed by atoms with Gasteiger partial charge in [0.25, 0.3) is 10.1 Å². The van der Waals surface area contributed by atoms with Crippen LogP contribution in [0.4, 0.5) is 0 Å². The quantitative estimate of drug-likeness (QED) is 0.241. The van der Waals surface area contributed by atoms with Gasteiger partial charge in [0.1, 0.15) is 36.8 Å². The van der Waals surface area contributed by atoms with Crippen molar-refractivity contribution < 1.29 is 56.8 Å². The van der Waals surface area contributed by atoms with E-state index in [1.165, 1.54) is 0 Å². The third kappa shape index (κ3) is 7.49. The van der Waals surface area contributed by atoms with E-state index in [1.54, 1.807) is 0 Å². The minimum Gasteiger partial charge on any atom is -0.462 e. The molecule has 1 rings (SSSR count). The van der Waals surface area contributed by atoms with E-state index in [-0.39, 0.29) is 6.61 Å². The Morgan fingerprint density at radius 3 is 2.15 bits per heavy atom. The van der Waals surface area contributed by atoms with Gasteiger partial charge in [0.05, 0.1) is 6.61 Å². The van der Waals surface area contributed by atoms with Gasteiger partial charge < -0.3 is 34.3 Å². The van der Waals surface area contributed by atoms with Crippen LogP contribution in [0.15, 0.2) is 0 Å². The van der Waals surface area contributed by atoms with E-state index in [9.17, 15) is 33.3 Å². The predicted octanol–water partition coefficient (Wildman–Crippen LogP) is -2.81. The SMILES string of the molecule is CC(=O)OC[C@H](COC1O[C@H](CS(=O)(=O)O)[C@@H](O)[C@H](O)[C@H]1O)OC(C)=O. The van der Waals surface area contributed by atoms with Gasteiger partial charge in [-0.15, -0.1) is 0 Å². The number of carbonyl (C=O) groups excluding carboxylic acids is 2.